The van der Waals surface area contributed by atoms with E-state index in [-0.39, 0.29) is 6.04 Å². The molecule has 0 saturated heterocycles. The number of aliphatic carboxylic acids is 1. The summed E-state index contributed by atoms with van der Waals surface area (Å²) in [5.74, 6) is -0.899. The fourth-order valence-electron chi connectivity index (χ4n) is 2.83. The second-order valence-electron chi connectivity index (χ2n) is 5.57. The third-order valence-corrected chi connectivity index (χ3v) is 4.12. The van der Waals surface area contributed by atoms with Crippen molar-refractivity contribution in [2.75, 3.05) is 0 Å². The van der Waals surface area contributed by atoms with E-state index in [0.29, 0.717) is 6.42 Å². The van der Waals surface area contributed by atoms with Crippen LogP contribution in [0.3, 0.4) is 0 Å². The van der Waals surface area contributed by atoms with Crippen LogP contribution in [0.25, 0.3) is 0 Å². The fourth-order valence-corrected chi connectivity index (χ4v) is 2.83. The van der Waals surface area contributed by atoms with Crippen LogP contribution < -0.4 is 5.32 Å². The van der Waals surface area contributed by atoms with Gasteiger partial charge in [0.2, 0.25) is 0 Å². The fraction of sp³-hybridized carbons (Fsp3) is 0.562. The van der Waals surface area contributed by atoms with Crippen LogP contribution in [0, 0.1) is 0 Å². The van der Waals surface area contributed by atoms with E-state index in [1.165, 1.54) is 17.5 Å². The Bertz CT molecular complexity index is 487. The summed E-state index contributed by atoms with van der Waals surface area (Å²) >= 11 is 0. The van der Waals surface area contributed by atoms with Gasteiger partial charge in [0.05, 0.1) is 6.10 Å². The zero-order valence-electron chi connectivity index (χ0n) is 12.1. The first-order valence-electron chi connectivity index (χ1n) is 7.31. The Labute approximate surface area is 119 Å². The molecule has 1 aliphatic carbocycles. The Kier molecular flexibility index (Phi) is 4.78. The number of carboxylic acid groups (broad SMARTS) is 1. The van der Waals surface area contributed by atoms with E-state index in [1.54, 1.807) is 6.92 Å². The Hall–Kier alpha value is -1.39. The number of aryl methyl sites for hydroxylation is 2. The van der Waals surface area contributed by atoms with Gasteiger partial charge >= 0.3 is 5.97 Å². The van der Waals surface area contributed by atoms with Crippen LogP contribution in [0.2, 0.25) is 0 Å². The van der Waals surface area contributed by atoms with E-state index >= 15 is 0 Å². The summed E-state index contributed by atoms with van der Waals surface area (Å²) in [6.07, 6.45) is 3.38. The van der Waals surface area contributed by atoms with E-state index in [4.69, 9.17) is 5.11 Å². The van der Waals surface area contributed by atoms with Gasteiger partial charge in [-0.25, -0.2) is 0 Å². The smallest absolute Gasteiger partial charge is 0.320 e. The van der Waals surface area contributed by atoms with E-state index in [1.807, 2.05) is 13.0 Å². The topological polar surface area (TPSA) is 69.6 Å². The molecule has 4 heteroatoms. The van der Waals surface area contributed by atoms with Gasteiger partial charge in [0, 0.05) is 6.04 Å². The minimum atomic E-state index is -0.899. The van der Waals surface area contributed by atoms with Crippen molar-refractivity contribution in [1.82, 2.24) is 5.32 Å². The third-order valence-electron chi connectivity index (χ3n) is 4.12. The quantitative estimate of drug-likeness (QED) is 0.744. The Morgan fingerprint density at radius 1 is 1.35 bits per heavy atom. The first kappa shape index (κ1) is 15.0. The average Bonchev–Trinajstić information content (AvgIpc) is 2.90. The van der Waals surface area contributed by atoms with Gasteiger partial charge in [0.15, 0.2) is 0 Å². The van der Waals surface area contributed by atoms with Crippen LogP contribution in [0.15, 0.2) is 18.2 Å². The second-order valence-corrected chi connectivity index (χ2v) is 5.57. The van der Waals surface area contributed by atoms with Crippen LogP contribution in [0.1, 0.15) is 49.5 Å². The van der Waals surface area contributed by atoms with E-state index < -0.39 is 18.1 Å². The molecule has 3 atom stereocenters. The van der Waals surface area contributed by atoms with Gasteiger partial charge in [-0.2, -0.15) is 0 Å². The number of aliphatic hydroxyl groups is 1. The number of carbonyl (C=O) groups is 1. The zero-order chi connectivity index (χ0) is 14.7. The molecule has 1 aromatic carbocycles. The molecule has 20 heavy (non-hydrogen) atoms. The minimum Gasteiger partial charge on any atom is -0.480 e. The van der Waals surface area contributed by atoms with Gasteiger partial charge in [-0.05, 0) is 49.3 Å². The molecule has 0 heterocycles. The highest BCUT2D eigenvalue weighted by Gasteiger charge is 2.24. The van der Waals surface area contributed by atoms with E-state index in [0.717, 1.165) is 18.4 Å². The molecule has 0 fully saturated rings. The molecule has 3 unspecified atom stereocenters. The van der Waals surface area contributed by atoms with E-state index in [9.17, 15) is 9.90 Å². The lowest BCUT2D eigenvalue weighted by molar-refractivity contribution is -0.139. The number of fused-ring (bicyclic) bond motifs is 1. The summed E-state index contributed by atoms with van der Waals surface area (Å²) in [5, 5.41) is 22.4. The maximum Gasteiger partial charge on any atom is 0.320 e. The molecule has 0 spiro atoms. The van der Waals surface area contributed by atoms with Crippen LogP contribution in [-0.2, 0) is 17.6 Å². The Balaban J connectivity index is 2.11. The normalized spacial score (nSPS) is 18.4. The maximum atomic E-state index is 10.9. The first-order valence-corrected chi connectivity index (χ1v) is 7.31. The van der Waals surface area contributed by atoms with Gasteiger partial charge in [0.25, 0.3) is 0 Å². The van der Waals surface area contributed by atoms with Crippen molar-refractivity contribution >= 4 is 5.97 Å². The monoisotopic (exact) mass is 277 g/mol. The highest BCUT2D eigenvalue weighted by molar-refractivity contribution is 5.72. The number of hydrogen-bond acceptors (Lipinski definition) is 3. The maximum absolute atomic E-state index is 10.9. The summed E-state index contributed by atoms with van der Waals surface area (Å²) in [6.45, 7) is 3.54. The van der Waals surface area contributed by atoms with Crippen LogP contribution in [-0.4, -0.2) is 28.3 Å². The molecule has 1 aliphatic rings. The van der Waals surface area contributed by atoms with Crippen LogP contribution in [0.4, 0.5) is 0 Å². The molecule has 0 radical (unpaired) electrons. The van der Waals surface area contributed by atoms with Crippen LogP contribution in [0.5, 0.6) is 0 Å². The molecule has 0 saturated carbocycles. The van der Waals surface area contributed by atoms with Crippen molar-refractivity contribution in [2.24, 2.45) is 0 Å². The molecule has 0 bridgehead atoms. The first-order chi connectivity index (χ1) is 9.52. The highest BCUT2D eigenvalue weighted by atomic mass is 16.4. The van der Waals surface area contributed by atoms with Crippen molar-refractivity contribution < 1.29 is 15.0 Å². The lowest BCUT2D eigenvalue weighted by atomic mass is 9.96. The summed E-state index contributed by atoms with van der Waals surface area (Å²) in [5.41, 5.74) is 3.58. The summed E-state index contributed by atoms with van der Waals surface area (Å²) in [6, 6.07) is 5.21. The van der Waals surface area contributed by atoms with Crippen molar-refractivity contribution in [3.63, 3.8) is 0 Å². The standard InChI is InChI=1S/C16H23NO3/c1-3-14(17-10(2)16(19)20)15(18)13-8-7-11-5-4-6-12(11)9-13/h7-10,14-15,17-18H,3-6H2,1-2H3,(H,19,20). The molecular weight excluding hydrogens is 254 g/mol. The summed E-state index contributed by atoms with van der Waals surface area (Å²) < 4.78 is 0. The van der Waals surface area contributed by atoms with Gasteiger partial charge in [-0.1, -0.05) is 25.1 Å². The van der Waals surface area contributed by atoms with Crippen molar-refractivity contribution in [1.29, 1.82) is 0 Å². The molecule has 0 amide bonds. The minimum absolute atomic E-state index is 0.249. The van der Waals surface area contributed by atoms with Gasteiger partial charge < -0.3 is 10.2 Å². The van der Waals surface area contributed by atoms with Crippen molar-refractivity contribution in [3.05, 3.63) is 34.9 Å². The highest BCUT2D eigenvalue weighted by Crippen LogP contribution is 2.27. The number of carboxylic acids is 1. The average molecular weight is 277 g/mol. The largest absolute Gasteiger partial charge is 0.480 e. The number of aliphatic hydroxyl groups excluding tert-OH is 1. The predicted molar refractivity (Wildman–Crippen MR) is 77.7 cm³/mol. The number of nitrogens with one attached hydrogen (secondary N) is 1. The summed E-state index contributed by atoms with van der Waals surface area (Å²) in [4.78, 5) is 10.9. The van der Waals surface area contributed by atoms with E-state index in [2.05, 4.69) is 17.4 Å². The molecule has 0 aliphatic heterocycles. The number of rotatable bonds is 6. The number of benzene rings is 1. The van der Waals surface area contributed by atoms with Crippen LogP contribution >= 0.6 is 0 Å². The second kappa shape index (κ2) is 6.37. The van der Waals surface area contributed by atoms with Crippen molar-refractivity contribution in [2.45, 2.75) is 57.7 Å². The number of hydrogen-bond donors (Lipinski definition) is 3. The molecule has 2 rings (SSSR count). The molecule has 0 aromatic heterocycles. The Morgan fingerprint density at radius 2 is 2.05 bits per heavy atom. The zero-order valence-corrected chi connectivity index (χ0v) is 12.1. The van der Waals surface area contributed by atoms with Crippen molar-refractivity contribution in [3.8, 4) is 0 Å². The van der Waals surface area contributed by atoms with Gasteiger partial charge in [0.1, 0.15) is 6.04 Å². The molecular formula is C16H23NO3. The predicted octanol–water partition coefficient (Wildman–Crippen LogP) is 2.05. The molecule has 3 N–H and O–H groups in total. The van der Waals surface area contributed by atoms with Gasteiger partial charge in [-0.3, -0.25) is 10.1 Å². The SMILES string of the molecule is CCC(NC(C)C(=O)O)C(O)c1ccc2c(c1)CCC2. The van der Waals surface area contributed by atoms with Gasteiger partial charge in [-0.15, -0.1) is 0 Å². The third kappa shape index (κ3) is 3.19. The summed E-state index contributed by atoms with van der Waals surface area (Å²) in [7, 11) is 0. The molecule has 4 nitrogen and oxygen atoms in total. The molecule has 110 valence electrons. The molecule has 1 aromatic rings. The lowest BCUT2D eigenvalue weighted by Gasteiger charge is -2.25. The Morgan fingerprint density at radius 3 is 2.70 bits per heavy atom. The lowest BCUT2D eigenvalue weighted by Crippen LogP contribution is -2.44.